The highest BCUT2D eigenvalue weighted by Crippen LogP contribution is 2.20. The number of nitrogens with one attached hydrogen (secondary N) is 2. The van der Waals surface area contributed by atoms with Crippen LogP contribution in [-0.2, 0) is 17.6 Å². The van der Waals surface area contributed by atoms with Crippen molar-refractivity contribution in [2.24, 2.45) is 0 Å². The van der Waals surface area contributed by atoms with Gasteiger partial charge in [0, 0.05) is 24.8 Å². The molecule has 34 heavy (non-hydrogen) atoms. The molecule has 4 aromatic rings. The van der Waals surface area contributed by atoms with Gasteiger partial charge in [-0.15, -0.1) is 5.10 Å². The highest BCUT2D eigenvalue weighted by atomic mass is 16.5. The number of para-hydroxylation sites is 1. The van der Waals surface area contributed by atoms with Gasteiger partial charge in [-0.3, -0.25) is 20.4 Å². The third-order valence-electron chi connectivity index (χ3n) is 4.94. The lowest BCUT2D eigenvalue weighted by Gasteiger charge is -2.05. The number of rotatable bonds is 9. The molecule has 2 N–H and O–H groups in total. The number of carbonyl (C=O) groups is 2. The molecule has 0 spiro atoms. The van der Waals surface area contributed by atoms with Crippen molar-refractivity contribution in [3.63, 3.8) is 0 Å². The van der Waals surface area contributed by atoms with Crippen LogP contribution in [0.15, 0.2) is 65.2 Å². The Balaban J connectivity index is 1.36. The normalized spacial score (nSPS) is 10.7. The summed E-state index contributed by atoms with van der Waals surface area (Å²) < 4.78 is 6.76. The number of aryl methyl sites for hydroxylation is 2. The summed E-state index contributed by atoms with van der Waals surface area (Å²) >= 11 is 0. The minimum Gasteiger partial charge on any atom is -0.339 e. The highest BCUT2D eigenvalue weighted by molar-refractivity contribution is 5.92. The first-order chi connectivity index (χ1) is 16.6. The van der Waals surface area contributed by atoms with Crippen molar-refractivity contribution in [1.82, 2.24) is 35.8 Å². The first-order valence-corrected chi connectivity index (χ1v) is 11.1. The van der Waals surface area contributed by atoms with Crippen LogP contribution in [0.3, 0.4) is 0 Å². The van der Waals surface area contributed by atoms with Gasteiger partial charge in [0.05, 0.1) is 5.69 Å². The number of nitrogens with zero attached hydrogens (tertiary/aromatic N) is 5. The smallest absolute Gasteiger partial charge is 0.309 e. The zero-order chi connectivity index (χ0) is 23.8. The second-order valence-corrected chi connectivity index (χ2v) is 7.58. The Labute approximate surface area is 196 Å². The Bertz CT molecular complexity index is 1180. The summed E-state index contributed by atoms with van der Waals surface area (Å²) in [6.45, 7) is 2.04. The fraction of sp³-hybridized carbons (Fsp3) is 0.250. The molecule has 2 aromatic carbocycles. The Morgan fingerprint density at radius 3 is 2.41 bits per heavy atom. The summed E-state index contributed by atoms with van der Waals surface area (Å²) in [7, 11) is 0. The van der Waals surface area contributed by atoms with E-state index in [0.29, 0.717) is 30.4 Å². The minimum atomic E-state index is -0.610. The number of aromatic nitrogens is 5. The van der Waals surface area contributed by atoms with Crippen LogP contribution in [0.2, 0.25) is 0 Å². The van der Waals surface area contributed by atoms with E-state index in [1.807, 2.05) is 67.6 Å². The molecule has 2 aromatic heterocycles. The van der Waals surface area contributed by atoms with E-state index in [0.717, 1.165) is 24.1 Å². The van der Waals surface area contributed by atoms with Crippen molar-refractivity contribution in [1.29, 1.82) is 0 Å². The minimum absolute atomic E-state index is 0.0580. The molecule has 0 bridgehead atoms. The molecule has 0 radical (unpaired) electrons. The van der Waals surface area contributed by atoms with E-state index in [-0.39, 0.29) is 18.2 Å². The number of hydrogen-bond acceptors (Lipinski definition) is 7. The molecule has 2 amide bonds. The maximum Gasteiger partial charge on any atom is 0.309 e. The van der Waals surface area contributed by atoms with Crippen LogP contribution in [0, 0.1) is 0 Å². The van der Waals surface area contributed by atoms with Crippen molar-refractivity contribution in [2.45, 2.75) is 39.0 Å². The first kappa shape index (κ1) is 22.8. The molecule has 0 unspecified atom stereocenters. The maximum absolute atomic E-state index is 12.6. The second-order valence-electron chi connectivity index (χ2n) is 7.58. The number of benzene rings is 2. The fourth-order valence-electron chi connectivity index (χ4n) is 3.29. The zero-order valence-electron chi connectivity index (χ0n) is 18.8. The topological polar surface area (TPSA) is 128 Å². The fourth-order valence-corrected chi connectivity index (χ4v) is 3.29. The average molecular weight is 460 g/mol. The molecule has 10 heteroatoms. The van der Waals surface area contributed by atoms with Gasteiger partial charge in [-0.25, -0.2) is 9.67 Å². The predicted molar refractivity (Wildman–Crippen MR) is 124 cm³/mol. The molecule has 2 heterocycles. The van der Waals surface area contributed by atoms with Crippen LogP contribution in [-0.4, -0.2) is 36.7 Å². The van der Waals surface area contributed by atoms with Crippen LogP contribution in [0.5, 0.6) is 0 Å². The van der Waals surface area contributed by atoms with Gasteiger partial charge in [0.1, 0.15) is 0 Å². The SMILES string of the molecule is CCCc1noc(CCCC(=O)NNC(=O)c2nc(-c3ccccc3)n(-c3ccccc3)n2)n1. The van der Waals surface area contributed by atoms with Gasteiger partial charge in [-0.2, -0.15) is 4.98 Å². The number of amides is 2. The van der Waals surface area contributed by atoms with Gasteiger partial charge in [0.15, 0.2) is 11.6 Å². The molecule has 0 aliphatic rings. The number of hydrazine groups is 1. The molecular weight excluding hydrogens is 434 g/mol. The van der Waals surface area contributed by atoms with Crippen LogP contribution >= 0.6 is 0 Å². The van der Waals surface area contributed by atoms with Gasteiger partial charge in [-0.1, -0.05) is 60.6 Å². The molecule has 0 aliphatic heterocycles. The van der Waals surface area contributed by atoms with Crippen LogP contribution in [0.4, 0.5) is 0 Å². The summed E-state index contributed by atoms with van der Waals surface area (Å²) in [6, 6.07) is 18.9. The second kappa shape index (κ2) is 11.0. The van der Waals surface area contributed by atoms with E-state index in [9.17, 15) is 9.59 Å². The van der Waals surface area contributed by atoms with Crippen molar-refractivity contribution in [3.05, 3.63) is 78.2 Å². The lowest BCUT2D eigenvalue weighted by Crippen LogP contribution is -2.42. The Kier molecular flexibility index (Phi) is 7.39. The summed E-state index contributed by atoms with van der Waals surface area (Å²) in [6.07, 6.45) is 2.88. The third kappa shape index (κ3) is 5.71. The molecular formula is C24H25N7O3. The van der Waals surface area contributed by atoms with Crippen LogP contribution < -0.4 is 10.9 Å². The predicted octanol–water partition coefficient (Wildman–Crippen LogP) is 3.05. The van der Waals surface area contributed by atoms with E-state index in [2.05, 4.69) is 31.1 Å². The lowest BCUT2D eigenvalue weighted by molar-refractivity contribution is -0.121. The van der Waals surface area contributed by atoms with Gasteiger partial charge in [-0.05, 0) is 25.0 Å². The number of hydrogen-bond donors (Lipinski definition) is 2. The molecule has 0 atom stereocenters. The monoisotopic (exact) mass is 459 g/mol. The van der Waals surface area contributed by atoms with Crippen molar-refractivity contribution in [3.8, 4) is 17.1 Å². The Morgan fingerprint density at radius 2 is 1.68 bits per heavy atom. The van der Waals surface area contributed by atoms with Gasteiger partial charge < -0.3 is 4.52 Å². The first-order valence-electron chi connectivity index (χ1n) is 11.1. The van der Waals surface area contributed by atoms with E-state index < -0.39 is 5.91 Å². The van der Waals surface area contributed by atoms with E-state index in [1.165, 1.54) is 0 Å². The lowest BCUT2D eigenvalue weighted by atomic mass is 10.2. The highest BCUT2D eigenvalue weighted by Gasteiger charge is 2.19. The third-order valence-corrected chi connectivity index (χ3v) is 4.94. The maximum atomic E-state index is 12.6. The van der Waals surface area contributed by atoms with E-state index >= 15 is 0 Å². The summed E-state index contributed by atoms with van der Waals surface area (Å²) in [5, 5.41) is 8.26. The molecule has 0 saturated heterocycles. The number of carbonyl (C=O) groups excluding carboxylic acids is 2. The molecule has 10 nitrogen and oxygen atoms in total. The summed E-state index contributed by atoms with van der Waals surface area (Å²) in [4.78, 5) is 33.5. The van der Waals surface area contributed by atoms with E-state index in [4.69, 9.17) is 4.52 Å². The van der Waals surface area contributed by atoms with Crippen molar-refractivity contribution < 1.29 is 14.1 Å². The molecule has 4 rings (SSSR count). The molecule has 0 saturated carbocycles. The van der Waals surface area contributed by atoms with Gasteiger partial charge >= 0.3 is 5.91 Å². The molecule has 174 valence electrons. The summed E-state index contributed by atoms with van der Waals surface area (Å²) in [5.41, 5.74) is 6.36. The quantitative estimate of drug-likeness (QED) is 0.368. The average Bonchev–Trinajstić information content (AvgIpc) is 3.51. The summed E-state index contributed by atoms with van der Waals surface area (Å²) in [5.74, 6) is 0.687. The van der Waals surface area contributed by atoms with Crippen LogP contribution in [0.25, 0.3) is 17.1 Å². The van der Waals surface area contributed by atoms with E-state index in [1.54, 1.807) is 4.68 Å². The van der Waals surface area contributed by atoms with Crippen molar-refractivity contribution in [2.75, 3.05) is 0 Å². The Hall–Kier alpha value is -4.34. The van der Waals surface area contributed by atoms with Gasteiger partial charge in [0.2, 0.25) is 17.6 Å². The molecule has 0 aliphatic carbocycles. The Morgan fingerprint density at radius 1 is 0.941 bits per heavy atom. The zero-order valence-corrected chi connectivity index (χ0v) is 18.8. The largest absolute Gasteiger partial charge is 0.339 e. The van der Waals surface area contributed by atoms with Crippen molar-refractivity contribution >= 4 is 11.8 Å². The standard InChI is InChI=1S/C24H25N7O3/c1-2-10-19-25-21(34-30-19)16-9-15-20(32)27-28-24(33)22-26-23(17-11-5-3-6-12-17)31(29-22)18-13-7-4-8-14-18/h3-8,11-14H,2,9-10,15-16H2,1H3,(H,27,32)(H,28,33). The van der Waals surface area contributed by atoms with Gasteiger partial charge in [0.25, 0.3) is 0 Å². The van der Waals surface area contributed by atoms with Crippen LogP contribution in [0.1, 0.15) is 48.5 Å². The molecule has 0 fully saturated rings.